The Morgan fingerprint density at radius 2 is 2.00 bits per heavy atom. The summed E-state index contributed by atoms with van der Waals surface area (Å²) in [7, 11) is 0. The number of nitrogens with two attached hydrogens (primary N) is 1. The number of hydrogen-bond acceptors (Lipinski definition) is 4. The van der Waals surface area contributed by atoms with Crippen LogP contribution in [0, 0.1) is 0 Å². The van der Waals surface area contributed by atoms with Gasteiger partial charge in [-0.05, 0) is 46.3 Å². The molecule has 0 saturated heterocycles. The topological polar surface area (TPSA) is 105 Å². The molecule has 1 aromatic heterocycles. The number of carbonyl (C=O) groups excluding carboxylic acids is 1. The van der Waals surface area contributed by atoms with Crippen LogP contribution in [0.4, 0.5) is 5.69 Å². The van der Waals surface area contributed by atoms with E-state index in [9.17, 15) is 9.59 Å². The van der Waals surface area contributed by atoms with E-state index in [1.807, 2.05) is 0 Å². The van der Waals surface area contributed by atoms with Crippen LogP contribution in [-0.4, -0.2) is 22.0 Å². The Balaban J connectivity index is 2.26. The first-order valence-electron chi connectivity index (χ1n) is 6.00. The van der Waals surface area contributed by atoms with E-state index in [2.05, 4.69) is 26.2 Å². The summed E-state index contributed by atoms with van der Waals surface area (Å²) in [6.45, 7) is 0.235. The van der Waals surface area contributed by atoms with Gasteiger partial charge in [-0.2, -0.15) is 0 Å². The molecule has 0 aliphatic heterocycles. The summed E-state index contributed by atoms with van der Waals surface area (Å²) in [5, 5.41) is 11.6. The van der Waals surface area contributed by atoms with E-state index in [4.69, 9.17) is 10.8 Å². The fourth-order valence-electron chi connectivity index (χ4n) is 1.68. The van der Waals surface area contributed by atoms with Crippen molar-refractivity contribution in [1.29, 1.82) is 0 Å². The molecule has 1 amide bonds. The molecule has 4 N–H and O–H groups in total. The molecular formula is C14H12BrN3O3. The van der Waals surface area contributed by atoms with Gasteiger partial charge in [-0.25, -0.2) is 4.79 Å². The van der Waals surface area contributed by atoms with Crippen LogP contribution < -0.4 is 11.1 Å². The molecule has 0 saturated carbocycles. The van der Waals surface area contributed by atoms with Crippen molar-refractivity contribution in [2.24, 2.45) is 5.73 Å². The van der Waals surface area contributed by atoms with Crippen molar-refractivity contribution in [3.8, 4) is 0 Å². The minimum atomic E-state index is -1.06. The quantitative estimate of drug-likeness (QED) is 0.784. The number of nitrogens with zero attached hydrogens (tertiary/aromatic N) is 1. The van der Waals surface area contributed by atoms with Gasteiger partial charge >= 0.3 is 5.97 Å². The van der Waals surface area contributed by atoms with E-state index < -0.39 is 5.97 Å². The van der Waals surface area contributed by atoms with Gasteiger partial charge in [-0.1, -0.05) is 0 Å². The SMILES string of the molecule is NCc1cc(C(=O)Nc2cc(C(=O)O)ccc2Br)ccn1. The first-order valence-corrected chi connectivity index (χ1v) is 6.79. The molecule has 1 heterocycles. The number of aromatic nitrogens is 1. The number of carboxylic acids is 1. The fraction of sp³-hybridized carbons (Fsp3) is 0.0714. The number of carbonyl (C=O) groups is 2. The van der Waals surface area contributed by atoms with Crippen molar-refractivity contribution in [3.05, 3.63) is 57.8 Å². The zero-order chi connectivity index (χ0) is 15.4. The van der Waals surface area contributed by atoms with Gasteiger partial charge in [0.2, 0.25) is 0 Å². The Morgan fingerprint density at radius 1 is 1.24 bits per heavy atom. The summed E-state index contributed by atoms with van der Waals surface area (Å²) in [5.74, 6) is -1.43. The first-order chi connectivity index (χ1) is 10.0. The van der Waals surface area contributed by atoms with Gasteiger partial charge in [0.1, 0.15) is 0 Å². The molecular weight excluding hydrogens is 338 g/mol. The van der Waals surface area contributed by atoms with E-state index in [-0.39, 0.29) is 18.0 Å². The lowest BCUT2D eigenvalue weighted by atomic mass is 10.1. The second-order valence-electron chi connectivity index (χ2n) is 4.19. The number of carboxylic acid groups (broad SMARTS) is 1. The van der Waals surface area contributed by atoms with Gasteiger partial charge < -0.3 is 16.2 Å². The summed E-state index contributed by atoms with van der Waals surface area (Å²) in [4.78, 5) is 27.1. The van der Waals surface area contributed by atoms with E-state index in [1.165, 1.54) is 18.3 Å². The zero-order valence-electron chi connectivity index (χ0n) is 10.8. The van der Waals surface area contributed by atoms with E-state index in [0.29, 0.717) is 21.4 Å². The van der Waals surface area contributed by atoms with Crippen molar-refractivity contribution >= 4 is 33.5 Å². The molecule has 21 heavy (non-hydrogen) atoms. The summed E-state index contributed by atoms with van der Waals surface area (Å²) >= 11 is 3.27. The first kappa shape index (κ1) is 15.1. The van der Waals surface area contributed by atoms with Crippen LogP contribution in [0.25, 0.3) is 0 Å². The molecule has 0 aliphatic rings. The number of halogens is 1. The van der Waals surface area contributed by atoms with Gasteiger partial charge in [0, 0.05) is 22.8 Å². The maximum atomic E-state index is 12.2. The Kier molecular flexibility index (Phi) is 4.66. The predicted molar refractivity (Wildman–Crippen MR) is 81.2 cm³/mol. The number of nitrogens with one attached hydrogen (secondary N) is 1. The van der Waals surface area contributed by atoms with E-state index in [1.54, 1.807) is 18.2 Å². The third kappa shape index (κ3) is 3.65. The van der Waals surface area contributed by atoms with Crippen LogP contribution in [0.5, 0.6) is 0 Å². The number of hydrogen-bond donors (Lipinski definition) is 3. The van der Waals surface area contributed by atoms with Crippen LogP contribution >= 0.6 is 15.9 Å². The average Bonchev–Trinajstić information content (AvgIpc) is 2.49. The standard InChI is InChI=1S/C14H12BrN3O3/c15-11-2-1-9(14(20)21)6-12(11)18-13(19)8-3-4-17-10(5-8)7-16/h1-6H,7,16H2,(H,18,19)(H,20,21). The highest BCUT2D eigenvalue weighted by atomic mass is 79.9. The normalized spacial score (nSPS) is 10.2. The van der Waals surface area contributed by atoms with Crippen molar-refractivity contribution in [2.75, 3.05) is 5.32 Å². The number of amides is 1. The lowest BCUT2D eigenvalue weighted by Gasteiger charge is -2.09. The second-order valence-corrected chi connectivity index (χ2v) is 5.05. The van der Waals surface area contributed by atoms with Crippen molar-refractivity contribution in [1.82, 2.24) is 4.98 Å². The van der Waals surface area contributed by atoms with Crippen LogP contribution in [0.2, 0.25) is 0 Å². The maximum Gasteiger partial charge on any atom is 0.335 e. The molecule has 0 radical (unpaired) electrons. The van der Waals surface area contributed by atoms with Crippen LogP contribution in [0.1, 0.15) is 26.4 Å². The summed E-state index contributed by atoms with van der Waals surface area (Å²) in [6.07, 6.45) is 1.50. The van der Waals surface area contributed by atoms with Crippen molar-refractivity contribution in [2.45, 2.75) is 6.54 Å². The third-order valence-electron chi connectivity index (χ3n) is 2.75. The minimum Gasteiger partial charge on any atom is -0.478 e. The predicted octanol–water partition coefficient (Wildman–Crippen LogP) is 2.25. The molecule has 1 aromatic carbocycles. The van der Waals surface area contributed by atoms with Gasteiger partial charge in [-0.15, -0.1) is 0 Å². The van der Waals surface area contributed by atoms with Crippen molar-refractivity contribution in [3.63, 3.8) is 0 Å². The Labute approximate surface area is 129 Å². The summed E-state index contributed by atoms with van der Waals surface area (Å²) in [6, 6.07) is 7.54. The molecule has 0 atom stereocenters. The number of anilines is 1. The zero-order valence-corrected chi connectivity index (χ0v) is 12.4. The van der Waals surface area contributed by atoms with Crippen molar-refractivity contribution < 1.29 is 14.7 Å². The number of aromatic carboxylic acids is 1. The highest BCUT2D eigenvalue weighted by Crippen LogP contribution is 2.24. The van der Waals surface area contributed by atoms with Gasteiger partial charge in [0.15, 0.2) is 0 Å². The van der Waals surface area contributed by atoms with E-state index >= 15 is 0 Å². The number of pyridine rings is 1. The van der Waals surface area contributed by atoms with Crippen LogP contribution in [0.15, 0.2) is 41.0 Å². The largest absolute Gasteiger partial charge is 0.478 e. The van der Waals surface area contributed by atoms with Gasteiger partial charge in [-0.3, -0.25) is 9.78 Å². The second kappa shape index (κ2) is 6.47. The van der Waals surface area contributed by atoms with Gasteiger partial charge in [0.25, 0.3) is 5.91 Å². The highest BCUT2D eigenvalue weighted by molar-refractivity contribution is 9.10. The molecule has 108 valence electrons. The molecule has 0 unspecified atom stereocenters. The maximum absolute atomic E-state index is 12.2. The third-order valence-corrected chi connectivity index (χ3v) is 3.44. The molecule has 0 spiro atoms. The molecule has 2 rings (SSSR count). The Morgan fingerprint density at radius 3 is 2.67 bits per heavy atom. The Hall–Kier alpha value is -2.25. The van der Waals surface area contributed by atoms with Crippen LogP contribution in [-0.2, 0) is 6.54 Å². The van der Waals surface area contributed by atoms with E-state index in [0.717, 1.165) is 0 Å². The Bertz CT molecular complexity index is 704. The highest BCUT2D eigenvalue weighted by Gasteiger charge is 2.12. The monoisotopic (exact) mass is 349 g/mol. The molecule has 0 bridgehead atoms. The number of benzene rings is 1. The molecule has 0 aliphatic carbocycles. The minimum absolute atomic E-state index is 0.0888. The fourth-order valence-corrected chi connectivity index (χ4v) is 2.03. The summed E-state index contributed by atoms with van der Waals surface area (Å²) < 4.78 is 0.592. The van der Waals surface area contributed by atoms with Gasteiger partial charge in [0.05, 0.1) is 16.9 Å². The molecule has 7 heteroatoms. The lowest BCUT2D eigenvalue weighted by molar-refractivity contribution is 0.0696. The molecule has 6 nitrogen and oxygen atoms in total. The molecule has 2 aromatic rings. The smallest absolute Gasteiger partial charge is 0.335 e. The molecule has 0 fully saturated rings. The lowest BCUT2D eigenvalue weighted by Crippen LogP contribution is -2.14. The average molecular weight is 350 g/mol. The van der Waals surface area contributed by atoms with Crippen LogP contribution in [0.3, 0.4) is 0 Å². The summed E-state index contributed by atoms with van der Waals surface area (Å²) in [5.41, 5.74) is 6.95. The number of rotatable bonds is 4.